The number of thiazole rings is 1. The molecular weight excluding hydrogens is 308 g/mol. The summed E-state index contributed by atoms with van der Waals surface area (Å²) in [4.78, 5) is 16.4. The normalized spacial score (nSPS) is 21.8. The number of rotatable bonds is 4. The van der Waals surface area contributed by atoms with Gasteiger partial charge in [-0.3, -0.25) is 4.90 Å². The number of nitriles is 1. The first-order valence-electron chi connectivity index (χ1n) is 7.77. The molecule has 7 heteroatoms. The molecule has 0 unspecified atom stereocenters. The molecule has 0 saturated carbocycles. The van der Waals surface area contributed by atoms with E-state index in [9.17, 15) is 0 Å². The lowest BCUT2D eigenvalue weighted by atomic mass is 9.93. The van der Waals surface area contributed by atoms with Gasteiger partial charge < -0.3 is 5.32 Å². The highest BCUT2D eigenvalue weighted by Gasteiger charge is 2.27. The molecule has 2 aromatic rings. The van der Waals surface area contributed by atoms with Gasteiger partial charge in [-0.25, -0.2) is 15.0 Å². The predicted molar refractivity (Wildman–Crippen MR) is 90.1 cm³/mol. The van der Waals surface area contributed by atoms with E-state index < -0.39 is 0 Å². The Bertz CT molecular complexity index is 707. The average Bonchev–Trinajstić information content (AvgIpc) is 2.95. The predicted octanol–water partition coefficient (Wildman–Crippen LogP) is 2.44. The van der Waals surface area contributed by atoms with Gasteiger partial charge in [0.1, 0.15) is 6.07 Å². The highest BCUT2D eigenvalue weighted by atomic mass is 32.1. The van der Waals surface area contributed by atoms with Gasteiger partial charge in [0, 0.05) is 49.1 Å². The Labute approximate surface area is 140 Å². The molecule has 1 aliphatic rings. The van der Waals surface area contributed by atoms with E-state index in [2.05, 4.69) is 38.2 Å². The lowest BCUT2D eigenvalue weighted by Gasteiger charge is -2.37. The van der Waals surface area contributed by atoms with Gasteiger partial charge in [-0.15, -0.1) is 11.3 Å². The van der Waals surface area contributed by atoms with Crippen LogP contribution in [0.3, 0.4) is 0 Å². The molecule has 0 bridgehead atoms. The number of hydrogen-bond acceptors (Lipinski definition) is 7. The third-order valence-corrected chi connectivity index (χ3v) is 5.06. The zero-order valence-corrected chi connectivity index (χ0v) is 14.2. The zero-order valence-electron chi connectivity index (χ0n) is 13.4. The Hall–Kier alpha value is -2.04. The van der Waals surface area contributed by atoms with E-state index in [1.807, 2.05) is 13.1 Å². The van der Waals surface area contributed by atoms with Crippen LogP contribution in [0, 0.1) is 24.2 Å². The van der Waals surface area contributed by atoms with Crippen molar-refractivity contribution in [3.05, 3.63) is 34.2 Å². The van der Waals surface area contributed by atoms with Gasteiger partial charge >= 0.3 is 0 Å². The molecule has 0 radical (unpaired) electrons. The number of likely N-dealkylation sites (tertiary alicyclic amines) is 1. The van der Waals surface area contributed by atoms with Crippen LogP contribution in [0.4, 0.5) is 5.82 Å². The van der Waals surface area contributed by atoms with E-state index in [4.69, 9.17) is 5.26 Å². The van der Waals surface area contributed by atoms with Gasteiger partial charge in [0.25, 0.3) is 0 Å². The van der Waals surface area contributed by atoms with Crippen molar-refractivity contribution in [1.82, 2.24) is 19.9 Å². The Morgan fingerprint density at radius 1 is 1.39 bits per heavy atom. The molecule has 0 aromatic carbocycles. The van der Waals surface area contributed by atoms with Crippen LogP contribution >= 0.6 is 11.3 Å². The van der Waals surface area contributed by atoms with Crippen molar-refractivity contribution < 1.29 is 0 Å². The maximum absolute atomic E-state index is 9.12. The highest BCUT2D eigenvalue weighted by molar-refractivity contribution is 7.11. The smallest absolute Gasteiger partial charge is 0.182 e. The highest BCUT2D eigenvalue weighted by Crippen LogP contribution is 2.23. The Morgan fingerprint density at radius 3 is 2.91 bits per heavy atom. The average molecular weight is 328 g/mol. The first-order valence-corrected chi connectivity index (χ1v) is 8.58. The van der Waals surface area contributed by atoms with Gasteiger partial charge in [0.15, 0.2) is 11.5 Å². The van der Waals surface area contributed by atoms with Crippen LogP contribution in [0.2, 0.25) is 0 Å². The van der Waals surface area contributed by atoms with Gasteiger partial charge in [-0.05, 0) is 19.3 Å². The molecule has 3 rings (SSSR count). The number of nitrogens with zero attached hydrogens (tertiary/aromatic N) is 5. The standard InChI is InChI=1S/C16H20N6S/c1-11-9-22(10-13-8-20-12(2)23-13)6-3-14(11)21-16-15(7-17)18-4-5-19-16/h4-5,8,11,14H,3,6,9-10H2,1-2H3,(H,19,21)/t11-,14+/m1/s1. The van der Waals surface area contributed by atoms with Crippen LogP contribution in [0.1, 0.15) is 28.9 Å². The first kappa shape index (κ1) is 15.8. The lowest BCUT2D eigenvalue weighted by molar-refractivity contribution is 0.166. The minimum Gasteiger partial charge on any atom is -0.365 e. The Balaban J connectivity index is 1.59. The largest absolute Gasteiger partial charge is 0.365 e. The van der Waals surface area contributed by atoms with Gasteiger partial charge in [0.05, 0.1) is 5.01 Å². The van der Waals surface area contributed by atoms with Gasteiger partial charge in [0.2, 0.25) is 0 Å². The third kappa shape index (κ3) is 3.84. The molecule has 1 saturated heterocycles. The van der Waals surface area contributed by atoms with E-state index >= 15 is 0 Å². The molecular formula is C16H20N6S. The van der Waals surface area contributed by atoms with Crippen molar-refractivity contribution in [2.75, 3.05) is 18.4 Å². The van der Waals surface area contributed by atoms with Crippen molar-refractivity contribution in [3.8, 4) is 6.07 Å². The summed E-state index contributed by atoms with van der Waals surface area (Å²) in [5, 5.41) is 13.6. The van der Waals surface area contributed by atoms with Gasteiger partial charge in [-0.1, -0.05) is 6.92 Å². The SMILES string of the molecule is Cc1ncc(CN2CC[C@H](Nc3nccnc3C#N)[C@H](C)C2)s1. The van der Waals surface area contributed by atoms with E-state index in [-0.39, 0.29) is 0 Å². The second kappa shape index (κ2) is 7.02. The summed E-state index contributed by atoms with van der Waals surface area (Å²) in [7, 11) is 0. The second-order valence-corrected chi connectivity index (χ2v) is 7.28. The third-order valence-electron chi connectivity index (χ3n) is 4.16. The van der Waals surface area contributed by atoms with Crippen LogP contribution in [0.5, 0.6) is 0 Å². The van der Waals surface area contributed by atoms with E-state index in [0.717, 1.165) is 31.1 Å². The summed E-state index contributed by atoms with van der Waals surface area (Å²) in [5.74, 6) is 1.07. The number of aryl methyl sites for hydroxylation is 1. The molecule has 23 heavy (non-hydrogen) atoms. The van der Waals surface area contributed by atoms with Crippen molar-refractivity contribution in [2.24, 2.45) is 5.92 Å². The van der Waals surface area contributed by atoms with Crippen molar-refractivity contribution in [3.63, 3.8) is 0 Å². The van der Waals surface area contributed by atoms with Crippen LogP contribution in [0.25, 0.3) is 0 Å². The monoisotopic (exact) mass is 328 g/mol. The summed E-state index contributed by atoms with van der Waals surface area (Å²) < 4.78 is 0. The number of hydrogen-bond donors (Lipinski definition) is 1. The van der Waals surface area contributed by atoms with Crippen molar-refractivity contribution in [2.45, 2.75) is 32.9 Å². The fourth-order valence-corrected chi connectivity index (χ4v) is 3.83. The Morgan fingerprint density at radius 2 is 2.22 bits per heavy atom. The number of anilines is 1. The molecule has 0 aliphatic carbocycles. The molecule has 1 aliphatic heterocycles. The lowest BCUT2D eigenvalue weighted by Crippen LogP contribution is -2.44. The summed E-state index contributed by atoms with van der Waals surface area (Å²) >= 11 is 1.77. The molecule has 1 fully saturated rings. The molecule has 3 heterocycles. The molecule has 0 amide bonds. The Kier molecular flexibility index (Phi) is 4.84. The number of nitrogens with one attached hydrogen (secondary N) is 1. The molecule has 2 atom stereocenters. The fourth-order valence-electron chi connectivity index (χ4n) is 2.99. The molecule has 2 aromatic heterocycles. The summed E-state index contributed by atoms with van der Waals surface area (Å²) in [5.41, 5.74) is 0.363. The zero-order chi connectivity index (χ0) is 16.2. The van der Waals surface area contributed by atoms with Crippen molar-refractivity contribution >= 4 is 17.2 Å². The van der Waals surface area contributed by atoms with E-state index in [1.165, 1.54) is 4.88 Å². The maximum atomic E-state index is 9.12. The van der Waals surface area contributed by atoms with E-state index in [0.29, 0.717) is 23.5 Å². The van der Waals surface area contributed by atoms with Crippen LogP contribution in [-0.2, 0) is 6.54 Å². The maximum Gasteiger partial charge on any atom is 0.182 e. The molecule has 1 N–H and O–H groups in total. The number of aromatic nitrogens is 3. The quantitative estimate of drug-likeness (QED) is 0.929. The van der Waals surface area contributed by atoms with Crippen LogP contribution in [-0.4, -0.2) is 39.0 Å². The molecule has 6 nitrogen and oxygen atoms in total. The fraction of sp³-hybridized carbons (Fsp3) is 0.500. The summed E-state index contributed by atoms with van der Waals surface area (Å²) in [6.07, 6.45) is 6.18. The summed E-state index contributed by atoms with van der Waals surface area (Å²) in [6, 6.07) is 2.41. The summed E-state index contributed by atoms with van der Waals surface area (Å²) in [6.45, 7) is 7.31. The van der Waals surface area contributed by atoms with Crippen molar-refractivity contribution in [1.29, 1.82) is 5.26 Å². The second-order valence-electron chi connectivity index (χ2n) is 5.96. The first-order chi connectivity index (χ1) is 11.2. The van der Waals surface area contributed by atoms with Crippen LogP contribution in [0.15, 0.2) is 18.6 Å². The molecule has 120 valence electrons. The molecule has 0 spiro atoms. The minimum atomic E-state index is 0.318. The number of piperidine rings is 1. The minimum absolute atomic E-state index is 0.318. The van der Waals surface area contributed by atoms with Gasteiger partial charge in [-0.2, -0.15) is 5.26 Å². The van der Waals surface area contributed by atoms with E-state index in [1.54, 1.807) is 23.7 Å². The van der Waals surface area contributed by atoms with Crippen LogP contribution < -0.4 is 5.32 Å². The topological polar surface area (TPSA) is 77.7 Å².